The summed E-state index contributed by atoms with van der Waals surface area (Å²) in [5, 5.41) is 2.91. The topological polar surface area (TPSA) is 35.6 Å². The minimum atomic E-state index is -0.572. The molecule has 1 heterocycles. The number of benzene rings is 2. The van der Waals surface area contributed by atoms with Crippen LogP contribution in [0, 0.1) is 18.6 Å². The van der Waals surface area contributed by atoms with E-state index >= 15 is 0 Å². The number of piperazine rings is 1. The molecule has 0 atom stereocenters. The molecule has 132 valence electrons. The molecule has 0 spiro atoms. The molecule has 0 aliphatic carbocycles. The fourth-order valence-corrected chi connectivity index (χ4v) is 3.02. The smallest absolute Gasteiger partial charge is 0.317 e. The van der Waals surface area contributed by atoms with Crippen molar-refractivity contribution in [3.8, 4) is 0 Å². The van der Waals surface area contributed by atoms with Crippen molar-refractivity contribution in [1.82, 2.24) is 10.2 Å². The van der Waals surface area contributed by atoms with E-state index < -0.39 is 11.6 Å². The van der Waals surface area contributed by atoms with Crippen molar-refractivity contribution >= 4 is 11.7 Å². The van der Waals surface area contributed by atoms with Gasteiger partial charge in [-0.1, -0.05) is 30.3 Å². The average Bonchev–Trinajstić information content (AvgIpc) is 2.61. The number of aryl methyl sites for hydroxylation is 1. The number of amides is 2. The van der Waals surface area contributed by atoms with Gasteiger partial charge in [-0.15, -0.1) is 0 Å². The zero-order chi connectivity index (χ0) is 17.8. The molecule has 1 aliphatic rings. The van der Waals surface area contributed by atoms with Crippen LogP contribution in [0.2, 0.25) is 0 Å². The van der Waals surface area contributed by atoms with Gasteiger partial charge < -0.3 is 15.1 Å². The molecule has 4 nitrogen and oxygen atoms in total. The van der Waals surface area contributed by atoms with Crippen molar-refractivity contribution in [2.24, 2.45) is 0 Å². The van der Waals surface area contributed by atoms with E-state index in [4.69, 9.17) is 0 Å². The summed E-state index contributed by atoms with van der Waals surface area (Å²) in [6.45, 7) is 4.11. The van der Waals surface area contributed by atoms with E-state index in [1.807, 2.05) is 31.2 Å². The highest BCUT2D eigenvalue weighted by Gasteiger charge is 2.24. The first-order valence-electron chi connectivity index (χ1n) is 8.32. The average molecular weight is 345 g/mol. The second kappa shape index (κ2) is 7.51. The number of hydrogen-bond acceptors (Lipinski definition) is 2. The summed E-state index contributed by atoms with van der Waals surface area (Å²) in [6, 6.07) is 11.6. The Bertz CT molecular complexity index is 738. The first-order chi connectivity index (χ1) is 12.1. The van der Waals surface area contributed by atoms with Crippen molar-refractivity contribution in [2.45, 2.75) is 13.5 Å². The largest absolute Gasteiger partial charge is 0.363 e. The minimum absolute atomic E-state index is 0.0116. The number of anilines is 1. The van der Waals surface area contributed by atoms with Crippen LogP contribution in [0.3, 0.4) is 0 Å². The van der Waals surface area contributed by atoms with Crippen LogP contribution in [0.25, 0.3) is 0 Å². The molecule has 6 heteroatoms. The SMILES string of the molecule is Cc1ccccc1CNC(=O)N1CCN(c2c(F)cccc2F)CC1. The van der Waals surface area contributed by atoms with Gasteiger partial charge in [-0.25, -0.2) is 13.6 Å². The molecule has 0 aromatic heterocycles. The highest BCUT2D eigenvalue weighted by atomic mass is 19.1. The maximum atomic E-state index is 13.9. The van der Waals surface area contributed by atoms with Crippen LogP contribution in [0.5, 0.6) is 0 Å². The lowest BCUT2D eigenvalue weighted by atomic mass is 10.1. The lowest BCUT2D eigenvalue weighted by Gasteiger charge is -2.36. The number of urea groups is 1. The molecule has 1 fully saturated rings. The van der Waals surface area contributed by atoms with Gasteiger partial charge in [0.05, 0.1) is 0 Å². The zero-order valence-electron chi connectivity index (χ0n) is 14.1. The molecule has 0 radical (unpaired) electrons. The Morgan fingerprint density at radius 3 is 2.28 bits per heavy atom. The molecule has 2 aromatic carbocycles. The zero-order valence-corrected chi connectivity index (χ0v) is 14.1. The summed E-state index contributed by atoms with van der Waals surface area (Å²) in [5.41, 5.74) is 2.19. The summed E-state index contributed by atoms with van der Waals surface area (Å²) in [7, 11) is 0. The van der Waals surface area contributed by atoms with Crippen molar-refractivity contribution < 1.29 is 13.6 Å². The molecule has 25 heavy (non-hydrogen) atoms. The van der Waals surface area contributed by atoms with Gasteiger partial charge in [0.25, 0.3) is 0 Å². The van der Waals surface area contributed by atoms with E-state index in [1.165, 1.54) is 18.2 Å². The van der Waals surface area contributed by atoms with Gasteiger partial charge in [-0.05, 0) is 30.2 Å². The summed E-state index contributed by atoms with van der Waals surface area (Å²) in [4.78, 5) is 15.6. The number of hydrogen-bond donors (Lipinski definition) is 1. The number of carbonyl (C=O) groups excluding carboxylic acids is 1. The van der Waals surface area contributed by atoms with Crippen LogP contribution in [0.1, 0.15) is 11.1 Å². The third-order valence-electron chi connectivity index (χ3n) is 4.51. The third kappa shape index (κ3) is 3.90. The molecule has 0 bridgehead atoms. The first-order valence-corrected chi connectivity index (χ1v) is 8.32. The van der Waals surface area contributed by atoms with Gasteiger partial charge in [-0.2, -0.15) is 0 Å². The second-order valence-electron chi connectivity index (χ2n) is 6.13. The second-order valence-corrected chi connectivity index (χ2v) is 6.13. The molecule has 0 unspecified atom stereocenters. The molecule has 1 N–H and O–H groups in total. The molecule has 2 aromatic rings. The molecule has 0 saturated carbocycles. The van der Waals surface area contributed by atoms with Crippen LogP contribution in [-0.2, 0) is 6.54 Å². The Morgan fingerprint density at radius 2 is 1.64 bits per heavy atom. The third-order valence-corrected chi connectivity index (χ3v) is 4.51. The first kappa shape index (κ1) is 17.2. The summed E-state index contributed by atoms with van der Waals surface area (Å²) in [6.07, 6.45) is 0. The Morgan fingerprint density at radius 1 is 1.00 bits per heavy atom. The lowest BCUT2D eigenvalue weighted by molar-refractivity contribution is 0.193. The number of nitrogens with zero attached hydrogens (tertiary/aromatic N) is 2. The van der Waals surface area contributed by atoms with E-state index in [1.54, 1.807) is 9.80 Å². The van der Waals surface area contributed by atoms with Crippen molar-refractivity contribution in [3.05, 3.63) is 65.2 Å². The molecular formula is C19H21F2N3O. The van der Waals surface area contributed by atoms with Crippen molar-refractivity contribution in [1.29, 1.82) is 0 Å². The summed E-state index contributed by atoms with van der Waals surface area (Å²) in [5.74, 6) is -1.14. The van der Waals surface area contributed by atoms with E-state index in [2.05, 4.69) is 5.32 Å². The highest BCUT2D eigenvalue weighted by Crippen LogP contribution is 2.24. The van der Waals surface area contributed by atoms with Crippen molar-refractivity contribution in [3.63, 3.8) is 0 Å². The highest BCUT2D eigenvalue weighted by molar-refractivity contribution is 5.74. The van der Waals surface area contributed by atoms with Gasteiger partial charge in [0, 0.05) is 32.7 Å². The number of halogens is 2. The molecule has 2 amide bonds. The van der Waals surface area contributed by atoms with Crippen LogP contribution in [0.15, 0.2) is 42.5 Å². The van der Waals surface area contributed by atoms with Crippen molar-refractivity contribution in [2.75, 3.05) is 31.1 Å². The fourth-order valence-electron chi connectivity index (χ4n) is 3.02. The molecule has 1 saturated heterocycles. The number of carbonyl (C=O) groups is 1. The van der Waals surface area contributed by atoms with Crippen LogP contribution < -0.4 is 10.2 Å². The summed E-state index contributed by atoms with van der Waals surface area (Å²) >= 11 is 0. The van der Waals surface area contributed by atoms with Gasteiger partial charge >= 0.3 is 6.03 Å². The van der Waals surface area contributed by atoms with Gasteiger partial charge in [0.15, 0.2) is 0 Å². The summed E-state index contributed by atoms with van der Waals surface area (Å²) < 4.78 is 27.7. The Kier molecular flexibility index (Phi) is 5.16. The monoisotopic (exact) mass is 345 g/mol. The van der Waals surface area contributed by atoms with Gasteiger partial charge in [-0.3, -0.25) is 0 Å². The van der Waals surface area contributed by atoms with E-state index in [0.29, 0.717) is 32.7 Å². The fraction of sp³-hybridized carbons (Fsp3) is 0.316. The van der Waals surface area contributed by atoms with E-state index in [0.717, 1.165) is 11.1 Å². The van der Waals surface area contributed by atoms with E-state index in [-0.39, 0.29) is 11.7 Å². The lowest BCUT2D eigenvalue weighted by Crippen LogP contribution is -2.52. The van der Waals surface area contributed by atoms with E-state index in [9.17, 15) is 13.6 Å². The predicted octanol–water partition coefficient (Wildman–Crippen LogP) is 3.31. The van der Waals surface area contributed by atoms with Gasteiger partial charge in [0.2, 0.25) is 0 Å². The van der Waals surface area contributed by atoms with Gasteiger partial charge in [0.1, 0.15) is 17.3 Å². The quantitative estimate of drug-likeness (QED) is 0.926. The normalized spacial score (nSPS) is 14.5. The minimum Gasteiger partial charge on any atom is -0.363 e. The van der Waals surface area contributed by atoms with Crippen LogP contribution in [0.4, 0.5) is 19.3 Å². The number of para-hydroxylation sites is 1. The Balaban J connectivity index is 1.55. The Hall–Kier alpha value is -2.63. The maximum Gasteiger partial charge on any atom is 0.317 e. The maximum absolute atomic E-state index is 13.9. The molecule has 3 rings (SSSR count). The predicted molar refractivity (Wildman–Crippen MR) is 93.6 cm³/mol. The van der Waals surface area contributed by atoms with Crippen LogP contribution in [-0.4, -0.2) is 37.1 Å². The number of nitrogens with one attached hydrogen (secondary N) is 1. The Labute approximate surface area is 146 Å². The molecular weight excluding hydrogens is 324 g/mol. The van der Waals surface area contributed by atoms with Crippen LogP contribution >= 0.6 is 0 Å². The number of rotatable bonds is 3. The standard InChI is InChI=1S/C19H21F2N3O/c1-14-5-2-3-6-15(14)13-22-19(25)24-11-9-23(10-12-24)18-16(20)7-4-8-17(18)21/h2-8H,9-13H2,1H3,(H,22,25). The molecule has 1 aliphatic heterocycles.